The zero-order valence-corrected chi connectivity index (χ0v) is 8.08. The van der Waals surface area contributed by atoms with Crippen molar-refractivity contribution in [2.24, 2.45) is 11.3 Å². The number of hydrogen-bond donors (Lipinski definition) is 1. The van der Waals surface area contributed by atoms with E-state index in [4.69, 9.17) is 4.74 Å². The molecule has 2 rings (SSSR count). The number of aliphatic hydroxyl groups excluding tert-OH is 1. The first-order valence-electron chi connectivity index (χ1n) is 4.82. The Balaban J connectivity index is 2.01. The molecule has 0 spiro atoms. The molecule has 0 amide bonds. The lowest BCUT2D eigenvalue weighted by atomic mass is 9.72. The van der Waals surface area contributed by atoms with Gasteiger partial charge < -0.3 is 9.84 Å². The largest absolute Gasteiger partial charge is 0.390 e. The molecule has 1 saturated heterocycles. The maximum Gasteiger partial charge on any atom is 0.110 e. The van der Waals surface area contributed by atoms with Crippen molar-refractivity contribution < 1.29 is 9.84 Å². The SMILES string of the molecule is CC(C)(C)C1C[C@@H](O)[C@H]2O[C@H]2C1. The summed E-state index contributed by atoms with van der Waals surface area (Å²) < 4.78 is 5.37. The lowest BCUT2D eigenvalue weighted by molar-refractivity contribution is 0.0707. The summed E-state index contributed by atoms with van der Waals surface area (Å²) in [6, 6.07) is 0. The minimum atomic E-state index is -0.201. The quantitative estimate of drug-likeness (QED) is 0.560. The highest BCUT2D eigenvalue weighted by atomic mass is 16.6. The van der Waals surface area contributed by atoms with Gasteiger partial charge in [-0.2, -0.15) is 0 Å². The van der Waals surface area contributed by atoms with E-state index in [2.05, 4.69) is 20.8 Å². The van der Waals surface area contributed by atoms with Crippen LogP contribution in [0.1, 0.15) is 33.6 Å². The van der Waals surface area contributed by atoms with Gasteiger partial charge in [0.05, 0.1) is 12.2 Å². The maximum atomic E-state index is 9.63. The van der Waals surface area contributed by atoms with E-state index in [0.29, 0.717) is 17.4 Å². The molecule has 0 aromatic heterocycles. The zero-order valence-electron chi connectivity index (χ0n) is 8.08. The summed E-state index contributed by atoms with van der Waals surface area (Å²) in [6.45, 7) is 6.73. The summed E-state index contributed by atoms with van der Waals surface area (Å²) in [5.74, 6) is 0.622. The van der Waals surface area contributed by atoms with Crippen LogP contribution in [0.5, 0.6) is 0 Å². The third-order valence-corrected chi connectivity index (χ3v) is 3.27. The van der Waals surface area contributed by atoms with Gasteiger partial charge in [-0.15, -0.1) is 0 Å². The van der Waals surface area contributed by atoms with Crippen molar-refractivity contribution >= 4 is 0 Å². The average molecular weight is 170 g/mol. The molecule has 2 heteroatoms. The topological polar surface area (TPSA) is 32.8 Å². The summed E-state index contributed by atoms with van der Waals surface area (Å²) in [5.41, 5.74) is 0.317. The van der Waals surface area contributed by atoms with Crippen LogP contribution in [0.15, 0.2) is 0 Å². The number of epoxide rings is 1. The molecule has 12 heavy (non-hydrogen) atoms. The van der Waals surface area contributed by atoms with Gasteiger partial charge in [0.1, 0.15) is 6.10 Å². The molecule has 0 aromatic carbocycles. The van der Waals surface area contributed by atoms with Crippen LogP contribution < -0.4 is 0 Å². The number of rotatable bonds is 0. The molecule has 1 unspecified atom stereocenters. The second-order valence-electron chi connectivity index (χ2n) is 5.24. The van der Waals surface area contributed by atoms with Gasteiger partial charge in [0.15, 0.2) is 0 Å². The van der Waals surface area contributed by atoms with Crippen LogP contribution in [-0.4, -0.2) is 23.4 Å². The Morgan fingerprint density at radius 3 is 2.42 bits per heavy atom. The molecular weight excluding hydrogens is 152 g/mol. The molecule has 0 bridgehead atoms. The van der Waals surface area contributed by atoms with Crippen molar-refractivity contribution in [2.75, 3.05) is 0 Å². The van der Waals surface area contributed by atoms with Gasteiger partial charge in [-0.25, -0.2) is 0 Å². The molecule has 2 nitrogen and oxygen atoms in total. The fourth-order valence-corrected chi connectivity index (χ4v) is 2.19. The molecule has 4 atom stereocenters. The summed E-state index contributed by atoms with van der Waals surface area (Å²) >= 11 is 0. The van der Waals surface area contributed by atoms with Crippen LogP contribution >= 0.6 is 0 Å². The molecule has 1 saturated carbocycles. The monoisotopic (exact) mass is 170 g/mol. The number of hydrogen-bond acceptors (Lipinski definition) is 2. The Bertz CT molecular complexity index is 183. The van der Waals surface area contributed by atoms with E-state index in [1.807, 2.05) is 0 Å². The fraction of sp³-hybridized carbons (Fsp3) is 1.00. The summed E-state index contributed by atoms with van der Waals surface area (Å²) in [5, 5.41) is 9.63. The van der Waals surface area contributed by atoms with Crippen LogP contribution in [0, 0.1) is 11.3 Å². The Morgan fingerprint density at radius 1 is 1.25 bits per heavy atom. The van der Waals surface area contributed by atoms with E-state index in [9.17, 15) is 5.11 Å². The normalized spacial score (nSPS) is 47.0. The number of aliphatic hydroxyl groups is 1. The fourth-order valence-electron chi connectivity index (χ4n) is 2.19. The van der Waals surface area contributed by atoms with Gasteiger partial charge in [-0.3, -0.25) is 0 Å². The minimum absolute atomic E-state index is 0.184. The van der Waals surface area contributed by atoms with Crippen LogP contribution in [0.4, 0.5) is 0 Å². The second kappa shape index (κ2) is 2.46. The van der Waals surface area contributed by atoms with Gasteiger partial charge in [0.25, 0.3) is 0 Å². The molecule has 1 heterocycles. The molecule has 0 aromatic rings. The van der Waals surface area contributed by atoms with Crippen molar-refractivity contribution in [3.8, 4) is 0 Å². The molecule has 0 radical (unpaired) electrons. The molecular formula is C10H18O2. The van der Waals surface area contributed by atoms with Crippen LogP contribution in [0.25, 0.3) is 0 Å². The Hall–Kier alpha value is -0.0800. The van der Waals surface area contributed by atoms with Gasteiger partial charge in [-0.05, 0) is 24.2 Å². The van der Waals surface area contributed by atoms with Crippen LogP contribution in [-0.2, 0) is 4.74 Å². The highest BCUT2D eigenvalue weighted by Gasteiger charge is 2.51. The van der Waals surface area contributed by atoms with Crippen molar-refractivity contribution in [2.45, 2.75) is 51.9 Å². The molecule has 1 aliphatic heterocycles. The van der Waals surface area contributed by atoms with E-state index in [0.717, 1.165) is 12.8 Å². The second-order valence-corrected chi connectivity index (χ2v) is 5.24. The highest BCUT2D eigenvalue weighted by molar-refractivity contribution is 4.99. The van der Waals surface area contributed by atoms with Gasteiger partial charge in [-0.1, -0.05) is 20.8 Å². The molecule has 2 aliphatic rings. The smallest absolute Gasteiger partial charge is 0.110 e. The highest BCUT2D eigenvalue weighted by Crippen LogP contribution is 2.45. The van der Waals surface area contributed by atoms with Crippen molar-refractivity contribution in [1.82, 2.24) is 0 Å². The summed E-state index contributed by atoms with van der Waals surface area (Å²) in [6.07, 6.45) is 2.42. The molecule has 70 valence electrons. The maximum absolute atomic E-state index is 9.63. The van der Waals surface area contributed by atoms with E-state index in [1.54, 1.807) is 0 Å². The van der Waals surface area contributed by atoms with Crippen molar-refractivity contribution in [1.29, 1.82) is 0 Å². The standard InChI is InChI=1S/C10H18O2/c1-10(2,3)6-4-7(11)9-8(5-6)12-9/h6-9,11H,4-5H2,1-3H3/t6?,7-,8+,9-/m1/s1. The van der Waals surface area contributed by atoms with Crippen molar-refractivity contribution in [3.05, 3.63) is 0 Å². The van der Waals surface area contributed by atoms with E-state index < -0.39 is 0 Å². The van der Waals surface area contributed by atoms with E-state index in [-0.39, 0.29) is 12.2 Å². The van der Waals surface area contributed by atoms with Gasteiger partial charge in [0, 0.05) is 0 Å². The van der Waals surface area contributed by atoms with E-state index >= 15 is 0 Å². The minimum Gasteiger partial charge on any atom is -0.390 e. The summed E-state index contributed by atoms with van der Waals surface area (Å²) in [4.78, 5) is 0. The first-order chi connectivity index (χ1) is 5.48. The number of ether oxygens (including phenoxy) is 1. The Kier molecular flexibility index (Phi) is 1.74. The molecule has 2 fully saturated rings. The Labute approximate surface area is 73.9 Å². The third kappa shape index (κ3) is 1.38. The predicted molar refractivity (Wildman–Crippen MR) is 46.8 cm³/mol. The lowest BCUT2D eigenvalue weighted by Gasteiger charge is -2.34. The van der Waals surface area contributed by atoms with E-state index in [1.165, 1.54) is 0 Å². The lowest BCUT2D eigenvalue weighted by Crippen LogP contribution is -2.34. The van der Waals surface area contributed by atoms with Crippen LogP contribution in [0.2, 0.25) is 0 Å². The number of fused-ring (bicyclic) bond motifs is 1. The average Bonchev–Trinajstić information content (AvgIpc) is 2.63. The summed E-state index contributed by atoms with van der Waals surface area (Å²) in [7, 11) is 0. The first kappa shape index (κ1) is 8.52. The van der Waals surface area contributed by atoms with Crippen molar-refractivity contribution in [3.63, 3.8) is 0 Å². The van der Waals surface area contributed by atoms with Crippen LogP contribution in [0.3, 0.4) is 0 Å². The predicted octanol–water partition coefficient (Wildman–Crippen LogP) is 1.57. The zero-order chi connectivity index (χ0) is 8.93. The Morgan fingerprint density at radius 2 is 1.92 bits per heavy atom. The van der Waals surface area contributed by atoms with Gasteiger partial charge in [0.2, 0.25) is 0 Å². The first-order valence-corrected chi connectivity index (χ1v) is 4.82. The molecule has 1 N–H and O–H groups in total. The molecule has 1 aliphatic carbocycles. The van der Waals surface area contributed by atoms with Gasteiger partial charge >= 0.3 is 0 Å². The third-order valence-electron chi connectivity index (χ3n) is 3.27.